The van der Waals surface area contributed by atoms with Crippen molar-refractivity contribution in [1.82, 2.24) is 5.32 Å². The topological polar surface area (TPSA) is 157 Å². The molecule has 0 aromatic heterocycles. The number of nitrogens with zero attached hydrogens (tertiary/aromatic N) is 1. The van der Waals surface area contributed by atoms with Gasteiger partial charge in [-0.3, -0.25) is 14.6 Å². The van der Waals surface area contributed by atoms with Crippen LogP contribution >= 0.6 is 0 Å². The Bertz CT molecular complexity index is 292. The van der Waals surface area contributed by atoms with Gasteiger partial charge in [0.2, 0.25) is 5.91 Å². The molecule has 0 aliphatic rings. The van der Waals surface area contributed by atoms with Crippen molar-refractivity contribution in [1.29, 1.82) is 0 Å². The number of guanidine groups is 1. The Morgan fingerprint density at radius 1 is 1.35 bits per heavy atom. The molecule has 0 rings (SSSR count). The second-order valence-corrected chi connectivity index (χ2v) is 3.50. The zero-order chi connectivity index (χ0) is 13.3. The number of carboxylic acids is 1. The summed E-state index contributed by atoms with van der Waals surface area (Å²) in [7, 11) is 0. The molecular formula is C9H19N5O3. The number of carboxylic acid groups (broad SMARTS) is 1. The van der Waals surface area contributed by atoms with E-state index in [0.717, 1.165) is 0 Å². The van der Waals surface area contributed by atoms with Crippen molar-refractivity contribution in [2.24, 2.45) is 22.2 Å². The summed E-state index contributed by atoms with van der Waals surface area (Å²) < 4.78 is 0. The number of aliphatic imine (C=N–C) groups is 1. The van der Waals surface area contributed by atoms with Crippen LogP contribution in [0.4, 0.5) is 0 Å². The van der Waals surface area contributed by atoms with Gasteiger partial charge in [0.05, 0.1) is 0 Å². The highest BCUT2D eigenvalue weighted by Gasteiger charge is 2.09. The molecule has 0 unspecified atom stereocenters. The fourth-order valence-corrected chi connectivity index (χ4v) is 1.00. The molecule has 0 bridgehead atoms. The lowest BCUT2D eigenvalue weighted by Crippen LogP contribution is -2.34. The van der Waals surface area contributed by atoms with Crippen LogP contribution in [0, 0.1) is 0 Å². The van der Waals surface area contributed by atoms with Crippen LogP contribution in [0.1, 0.15) is 19.3 Å². The van der Waals surface area contributed by atoms with E-state index in [2.05, 4.69) is 10.3 Å². The van der Waals surface area contributed by atoms with Crippen LogP contribution in [0.25, 0.3) is 0 Å². The van der Waals surface area contributed by atoms with Gasteiger partial charge >= 0.3 is 5.97 Å². The van der Waals surface area contributed by atoms with Crippen molar-refractivity contribution in [2.45, 2.75) is 25.3 Å². The Morgan fingerprint density at radius 2 is 2.00 bits per heavy atom. The predicted octanol–water partition coefficient (Wildman–Crippen LogP) is -2.04. The molecule has 0 heterocycles. The van der Waals surface area contributed by atoms with Crippen LogP contribution in [0.15, 0.2) is 4.99 Å². The summed E-state index contributed by atoms with van der Waals surface area (Å²) in [6.45, 7) is 0.718. The molecule has 0 saturated heterocycles. The molecule has 8 N–H and O–H groups in total. The van der Waals surface area contributed by atoms with Crippen LogP contribution < -0.4 is 22.5 Å². The summed E-state index contributed by atoms with van der Waals surface area (Å²) in [5.41, 5.74) is 15.7. The maximum absolute atomic E-state index is 10.4. The van der Waals surface area contributed by atoms with Crippen molar-refractivity contribution < 1.29 is 14.7 Å². The number of hydrogen-bond donors (Lipinski definition) is 5. The van der Waals surface area contributed by atoms with Crippen molar-refractivity contribution >= 4 is 17.8 Å². The molecular weight excluding hydrogens is 226 g/mol. The van der Waals surface area contributed by atoms with Gasteiger partial charge in [-0.1, -0.05) is 0 Å². The zero-order valence-corrected chi connectivity index (χ0v) is 9.56. The van der Waals surface area contributed by atoms with E-state index in [1.165, 1.54) is 0 Å². The third kappa shape index (κ3) is 9.12. The molecule has 98 valence electrons. The standard InChI is InChI=1S/C9H19N5O3/c10-6(8(16)17)2-1-4-13-9(12)14-5-3-7(11)15/h6H,1-5,10H2,(H2,11,15)(H,16,17)(H3,12,13,14)/t6-/m0/s1. The van der Waals surface area contributed by atoms with Gasteiger partial charge in [0.15, 0.2) is 5.96 Å². The van der Waals surface area contributed by atoms with Gasteiger partial charge in [-0.05, 0) is 12.8 Å². The molecule has 1 amide bonds. The summed E-state index contributed by atoms with van der Waals surface area (Å²) in [5.74, 6) is -1.24. The highest BCUT2D eigenvalue weighted by atomic mass is 16.4. The van der Waals surface area contributed by atoms with E-state index in [1.807, 2.05) is 0 Å². The lowest BCUT2D eigenvalue weighted by atomic mass is 10.2. The summed E-state index contributed by atoms with van der Waals surface area (Å²) in [4.78, 5) is 24.7. The third-order valence-corrected chi connectivity index (χ3v) is 1.95. The average Bonchev–Trinajstić information content (AvgIpc) is 2.23. The number of rotatable bonds is 8. The van der Waals surface area contributed by atoms with Crippen LogP contribution in [0.3, 0.4) is 0 Å². The molecule has 0 radical (unpaired) electrons. The fraction of sp³-hybridized carbons (Fsp3) is 0.667. The fourth-order valence-electron chi connectivity index (χ4n) is 1.00. The Hall–Kier alpha value is -1.83. The molecule has 0 saturated carbocycles. The van der Waals surface area contributed by atoms with Gasteiger partial charge in [-0.15, -0.1) is 0 Å². The minimum absolute atomic E-state index is 0.181. The van der Waals surface area contributed by atoms with Gasteiger partial charge in [0.1, 0.15) is 6.04 Å². The summed E-state index contributed by atoms with van der Waals surface area (Å²) in [5, 5.41) is 11.2. The Kier molecular flexibility index (Phi) is 7.44. The minimum atomic E-state index is -1.03. The van der Waals surface area contributed by atoms with E-state index in [-0.39, 0.29) is 12.4 Å². The molecule has 8 nitrogen and oxygen atoms in total. The van der Waals surface area contributed by atoms with Crippen LogP contribution in [0.2, 0.25) is 0 Å². The van der Waals surface area contributed by atoms with Crippen molar-refractivity contribution in [3.05, 3.63) is 0 Å². The van der Waals surface area contributed by atoms with Crippen molar-refractivity contribution in [3.63, 3.8) is 0 Å². The Balaban J connectivity index is 3.63. The number of amides is 1. The van der Waals surface area contributed by atoms with Crippen LogP contribution in [0.5, 0.6) is 0 Å². The molecule has 0 aromatic rings. The van der Waals surface area contributed by atoms with Gasteiger partial charge in [0.25, 0.3) is 0 Å². The second kappa shape index (κ2) is 8.34. The molecule has 17 heavy (non-hydrogen) atoms. The van der Waals surface area contributed by atoms with E-state index in [1.54, 1.807) is 0 Å². The first-order chi connectivity index (χ1) is 7.93. The van der Waals surface area contributed by atoms with E-state index >= 15 is 0 Å². The first kappa shape index (κ1) is 15.2. The first-order valence-electron chi connectivity index (χ1n) is 5.24. The molecule has 0 aromatic carbocycles. The molecule has 8 heteroatoms. The largest absolute Gasteiger partial charge is 0.480 e. The van der Waals surface area contributed by atoms with Crippen LogP contribution in [-0.4, -0.2) is 42.1 Å². The minimum Gasteiger partial charge on any atom is -0.480 e. The first-order valence-corrected chi connectivity index (χ1v) is 5.24. The second-order valence-electron chi connectivity index (χ2n) is 3.50. The molecule has 1 atom stereocenters. The zero-order valence-electron chi connectivity index (χ0n) is 9.56. The quantitative estimate of drug-likeness (QED) is 0.188. The number of aliphatic carboxylic acids is 1. The number of carbonyl (C=O) groups excluding carboxylic acids is 1. The predicted molar refractivity (Wildman–Crippen MR) is 63.1 cm³/mol. The van der Waals surface area contributed by atoms with Gasteiger partial charge < -0.3 is 27.6 Å². The number of nitrogens with one attached hydrogen (secondary N) is 1. The molecule has 0 spiro atoms. The normalized spacial score (nSPS) is 13.1. The highest BCUT2D eigenvalue weighted by molar-refractivity contribution is 5.79. The number of hydrogen-bond acceptors (Lipinski definition) is 4. The van der Waals surface area contributed by atoms with Crippen molar-refractivity contribution in [3.8, 4) is 0 Å². The van der Waals surface area contributed by atoms with E-state index in [4.69, 9.17) is 22.3 Å². The summed E-state index contributed by atoms with van der Waals surface area (Å²) in [6.07, 6.45) is 1.05. The number of primary amides is 1. The third-order valence-electron chi connectivity index (χ3n) is 1.95. The van der Waals surface area contributed by atoms with Crippen molar-refractivity contribution in [2.75, 3.05) is 13.1 Å². The summed E-state index contributed by atoms with van der Waals surface area (Å²) in [6, 6.07) is -0.866. The highest BCUT2D eigenvalue weighted by Crippen LogP contribution is 1.94. The number of carbonyl (C=O) groups is 2. The monoisotopic (exact) mass is 245 g/mol. The summed E-state index contributed by atoms with van der Waals surface area (Å²) >= 11 is 0. The SMILES string of the molecule is NC(=O)CCNC(N)=NCCC[C@H](N)C(=O)O. The lowest BCUT2D eigenvalue weighted by molar-refractivity contribution is -0.138. The Labute approximate surface area is 99.2 Å². The van der Waals surface area contributed by atoms with Crippen LogP contribution in [-0.2, 0) is 9.59 Å². The van der Waals surface area contributed by atoms with E-state index < -0.39 is 17.9 Å². The molecule has 0 aliphatic carbocycles. The lowest BCUT2D eigenvalue weighted by Gasteiger charge is -2.05. The smallest absolute Gasteiger partial charge is 0.320 e. The van der Waals surface area contributed by atoms with E-state index in [0.29, 0.717) is 25.9 Å². The molecule has 0 aliphatic heterocycles. The molecule has 0 fully saturated rings. The maximum Gasteiger partial charge on any atom is 0.320 e. The number of nitrogens with two attached hydrogens (primary N) is 3. The van der Waals surface area contributed by atoms with Gasteiger partial charge in [-0.2, -0.15) is 0 Å². The maximum atomic E-state index is 10.4. The Morgan fingerprint density at radius 3 is 2.53 bits per heavy atom. The average molecular weight is 245 g/mol. The van der Waals surface area contributed by atoms with E-state index in [9.17, 15) is 9.59 Å². The van der Waals surface area contributed by atoms with Gasteiger partial charge in [-0.25, -0.2) is 0 Å². The van der Waals surface area contributed by atoms with Gasteiger partial charge in [0, 0.05) is 19.5 Å².